The van der Waals surface area contributed by atoms with Gasteiger partial charge in [0.05, 0.1) is 28.3 Å². The van der Waals surface area contributed by atoms with Crippen molar-refractivity contribution >= 4 is 11.7 Å². The second kappa shape index (κ2) is 11.8. The van der Waals surface area contributed by atoms with Gasteiger partial charge in [-0.15, -0.1) is 0 Å². The number of hydrogen-bond donors (Lipinski definition) is 2. The number of amides is 2. The van der Waals surface area contributed by atoms with Gasteiger partial charge in [-0.05, 0) is 48.6 Å². The number of anilines is 1. The third-order valence-corrected chi connectivity index (χ3v) is 7.82. The molecule has 226 valence electrons. The van der Waals surface area contributed by atoms with Crippen LogP contribution in [-0.4, -0.2) is 27.3 Å². The van der Waals surface area contributed by atoms with Crippen LogP contribution in [0.1, 0.15) is 52.9 Å². The van der Waals surface area contributed by atoms with Crippen LogP contribution in [0.4, 0.5) is 32.4 Å². The van der Waals surface area contributed by atoms with Crippen molar-refractivity contribution in [1.82, 2.24) is 14.7 Å². The minimum atomic E-state index is -4.51. The highest BCUT2D eigenvalue weighted by Crippen LogP contribution is 2.39. The Balaban J connectivity index is 1.67. The summed E-state index contributed by atoms with van der Waals surface area (Å²) in [5.74, 6) is -1.70. The third-order valence-electron chi connectivity index (χ3n) is 7.82. The Bertz CT molecular complexity index is 1670. The predicted molar refractivity (Wildman–Crippen MR) is 155 cm³/mol. The molecule has 3 N–H and O–H groups in total. The fourth-order valence-corrected chi connectivity index (χ4v) is 5.78. The molecule has 0 radical (unpaired) electrons. The summed E-state index contributed by atoms with van der Waals surface area (Å²) in [6.07, 6.45) is -2.79. The molecule has 11 heteroatoms. The van der Waals surface area contributed by atoms with Crippen molar-refractivity contribution in [2.75, 3.05) is 11.9 Å². The first kappa shape index (κ1) is 30.2. The lowest BCUT2D eigenvalue weighted by atomic mass is 9.97. The van der Waals surface area contributed by atoms with Gasteiger partial charge in [0.1, 0.15) is 11.6 Å². The lowest BCUT2D eigenvalue weighted by molar-refractivity contribution is -0.138. The van der Waals surface area contributed by atoms with E-state index < -0.39 is 35.1 Å². The van der Waals surface area contributed by atoms with Crippen molar-refractivity contribution in [2.45, 2.75) is 59.3 Å². The molecule has 0 saturated heterocycles. The number of alkyl halides is 3. The highest BCUT2D eigenvalue weighted by molar-refractivity contribution is 5.88. The molecule has 0 atom stereocenters. The number of nitrogens with zero attached hydrogens (tertiary/aromatic N) is 3. The van der Waals surface area contributed by atoms with Crippen LogP contribution in [0.5, 0.6) is 0 Å². The Kier molecular flexibility index (Phi) is 8.29. The van der Waals surface area contributed by atoms with E-state index in [0.717, 1.165) is 35.0 Å². The van der Waals surface area contributed by atoms with Crippen molar-refractivity contribution in [1.29, 1.82) is 0 Å². The van der Waals surface area contributed by atoms with E-state index in [1.165, 1.54) is 6.07 Å². The first-order chi connectivity index (χ1) is 20.4. The van der Waals surface area contributed by atoms with Crippen LogP contribution in [0.3, 0.4) is 0 Å². The van der Waals surface area contributed by atoms with Crippen LogP contribution < -0.4 is 11.1 Å². The molecule has 43 heavy (non-hydrogen) atoms. The van der Waals surface area contributed by atoms with E-state index in [1.54, 1.807) is 17.7 Å². The van der Waals surface area contributed by atoms with Gasteiger partial charge >= 0.3 is 12.2 Å². The summed E-state index contributed by atoms with van der Waals surface area (Å²) < 4.78 is 74.3. The lowest BCUT2D eigenvalue weighted by Crippen LogP contribution is -2.31. The van der Waals surface area contributed by atoms with Crippen LogP contribution in [0.2, 0.25) is 0 Å². The van der Waals surface area contributed by atoms with Crippen LogP contribution in [-0.2, 0) is 38.5 Å². The Morgan fingerprint density at radius 2 is 1.70 bits per heavy atom. The summed E-state index contributed by atoms with van der Waals surface area (Å²) in [4.78, 5) is 13.2. The molecule has 1 aliphatic rings. The van der Waals surface area contributed by atoms with E-state index in [1.807, 2.05) is 36.9 Å². The number of fused-ring (bicyclic) bond motifs is 1. The zero-order valence-electron chi connectivity index (χ0n) is 24.1. The minimum Gasteiger partial charge on any atom is -0.351 e. The second-order valence-electron chi connectivity index (χ2n) is 10.7. The van der Waals surface area contributed by atoms with Crippen molar-refractivity contribution in [2.24, 2.45) is 5.73 Å². The number of para-hydroxylation sites is 1. The number of nitrogens with two attached hydrogens (primary N) is 1. The molecule has 0 fully saturated rings. The van der Waals surface area contributed by atoms with Gasteiger partial charge in [-0.2, -0.15) is 18.3 Å². The van der Waals surface area contributed by atoms with Gasteiger partial charge in [-0.25, -0.2) is 18.3 Å². The second-order valence-corrected chi connectivity index (χ2v) is 10.7. The maximum absolute atomic E-state index is 15.8. The molecule has 1 aromatic heterocycles. The Morgan fingerprint density at radius 3 is 2.33 bits per heavy atom. The highest BCUT2D eigenvalue weighted by Gasteiger charge is 2.35. The van der Waals surface area contributed by atoms with Gasteiger partial charge in [-0.3, -0.25) is 4.90 Å². The molecular formula is C32H32F5N5O. The van der Waals surface area contributed by atoms with Crippen molar-refractivity contribution in [3.63, 3.8) is 0 Å². The zero-order valence-corrected chi connectivity index (χ0v) is 24.1. The van der Waals surface area contributed by atoms with Crippen molar-refractivity contribution < 1.29 is 26.7 Å². The van der Waals surface area contributed by atoms with E-state index in [2.05, 4.69) is 5.32 Å². The average Bonchev–Trinajstić information content (AvgIpc) is 3.32. The van der Waals surface area contributed by atoms with Gasteiger partial charge in [-0.1, -0.05) is 49.7 Å². The maximum atomic E-state index is 15.8. The molecule has 0 spiro atoms. The molecule has 2 amide bonds. The van der Waals surface area contributed by atoms with E-state index in [4.69, 9.17) is 10.8 Å². The molecule has 2 heterocycles. The molecule has 0 bridgehead atoms. The van der Waals surface area contributed by atoms with Gasteiger partial charge in [0.15, 0.2) is 0 Å². The molecular weight excluding hydrogens is 565 g/mol. The molecule has 4 aromatic rings. The quantitative estimate of drug-likeness (QED) is 0.219. The summed E-state index contributed by atoms with van der Waals surface area (Å²) in [5.41, 5.74) is 8.86. The number of carbonyl (C=O) groups excluding carboxylic acids is 1. The van der Waals surface area contributed by atoms with Gasteiger partial charge < -0.3 is 11.1 Å². The molecule has 5 rings (SSSR count). The molecule has 0 aliphatic carbocycles. The summed E-state index contributed by atoms with van der Waals surface area (Å²) in [7, 11) is 0. The normalized spacial score (nSPS) is 13.7. The lowest BCUT2D eigenvalue weighted by Gasteiger charge is -2.28. The first-order valence-corrected chi connectivity index (χ1v) is 14.1. The van der Waals surface area contributed by atoms with Gasteiger partial charge in [0.25, 0.3) is 0 Å². The van der Waals surface area contributed by atoms with E-state index in [-0.39, 0.29) is 24.2 Å². The SMILES string of the molecule is CCc1cccc(CC)c1-n1nc2c(c1-c1cc(F)c(NC(N)=O)cc1F)CN(Cc1ccc(C)cc1C(F)(F)F)CC2. The summed E-state index contributed by atoms with van der Waals surface area (Å²) in [6, 6.07) is 11.0. The first-order valence-electron chi connectivity index (χ1n) is 14.1. The van der Waals surface area contributed by atoms with Crippen LogP contribution >= 0.6 is 0 Å². The fraction of sp³-hybridized carbons (Fsp3) is 0.312. The molecule has 1 aliphatic heterocycles. The molecule has 0 unspecified atom stereocenters. The number of primary amides is 1. The monoisotopic (exact) mass is 597 g/mol. The third kappa shape index (κ3) is 5.99. The average molecular weight is 598 g/mol. The van der Waals surface area contributed by atoms with E-state index >= 15 is 8.78 Å². The molecule has 6 nitrogen and oxygen atoms in total. The topological polar surface area (TPSA) is 76.2 Å². The summed E-state index contributed by atoms with van der Waals surface area (Å²) in [5, 5.41) is 6.99. The summed E-state index contributed by atoms with van der Waals surface area (Å²) in [6.45, 7) is 6.23. The van der Waals surface area contributed by atoms with Crippen LogP contribution in [0.15, 0.2) is 48.5 Å². The van der Waals surface area contributed by atoms with Crippen molar-refractivity contribution in [3.8, 4) is 16.9 Å². The number of benzene rings is 3. The number of hydrogen-bond acceptors (Lipinski definition) is 3. The summed E-state index contributed by atoms with van der Waals surface area (Å²) >= 11 is 0. The Morgan fingerprint density at radius 1 is 1.00 bits per heavy atom. The maximum Gasteiger partial charge on any atom is 0.416 e. The smallest absolute Gasteiger partial charge is 0.351 e. The Labute approximate surface area is 246 Å². The number of nitrogens with one attached hydrogen (secondary N) is 1. The number of urea groups is 1. The number of aryl methyl sites for hydroxylation is 3. The number of rotatable bonds is 7. The predicted octanol–water partition coefficient (Wildman–Crippen LogP) is 7.32. The number of carbonyl (C=O) groups is 1. The van der Waals surface area contributed by atoms with E-state index in [0.29, 0.717) is 48.3 Å². The van der Waals surface area contributed by atoms with Crippen molar-refractivity contribution in [3.05, 3.63) is 99.2 Å². The van der Waals surface area contributed by atoms with E-state index in [9.17, 15) is 18.0 Å². The van der Waals surface area contributed by atoms with Crippen LogP contribution in [0, 0.1) is 18.6 Å². The zero-order chi connectivity index (χ0) is 31.1. The molecule has 0 saturated carbocycles. The minimum absolute atomic E-state index is 0.0171. The molecule has 3 aromatic carbocycles. The van der Waals surface area contributed by atoms with Gasteiger partial charge in [0.2, 0.25) is 0 Å². The van der Waals surface area contributed by atoms with Crippen LogP contribution in [0.25, 0.3) is 16.9 Å². The number of aromatic nitrogens is 2. The standard InChI is InChI=1S/C32H32F5N5O/c1-4-19-7-6-8-20(5-2)29(19)42-30(22-14-26(34)28(15-25(22)33)39-31(38)43)23-17-41(12-11-27(23)40-42)16-21-10-9-18(3)13-24(21)32(35,36)37/h6-10,13-15H,4-5,11-12,16-17H2,1-3H3,(H3,38,39,43). The Hall–Kier alpha value is -4.25. The number of halogens is 5. The fourth-order valence-electron chi connectivity index (χ4n) is 5.78. The largest absolute Gasteiger partial charge is 0.416 e. The highest BCUT2D eigenvalue weighted by atomic mass is 19.4. The van der Waals surface area contributed by atoms with Gasteiger partial charge in [0, 0.05) is 43.2 Å².